The van der Waals surface area contributed by atoms with Crippen LogP contribution in [0.3, 0.4) is 0 Å². The summed E-state index contributed by atoms with van der Waals surface area (Å²) in [4.78, 5) is 11.5. The molecule has 1 aliphatic carbocycles. The van der Waals surface area contributed by atoms with Gasteiger partial charge in [0.2, 0.25) is 0 Å². The van der Waals surface area contributed by atoms with Crippen molar-refractivity contribution in [1.29, 1.82) is 0 Å². The summed E-state index contributed by atoms with van der Waals surface area (Å²) in [6.07, 6.45) is 12.0. The third-order valence-electron chi connectivity index (χ3n) is 4.92. The summed E-state index contributed by atoms with van der Waals surface area (Å²) in [6.45, 7) is 0. The Kier molecular flexibility index (Phi) is 9.80. The maximum atomic E-state index is 10.5. The molecule has 28 heavy (non-hydrogen) atoms. The van der Waals surface area contributed by atoms with Gasteiger partial charge in [-0.05, 0) is 37.7 Å². The maximum absolute atomic E-state index is 10.5. The number of hydrogen-bond acceptors (Lipinski definition) is 7. The zero-order valence-corrected chi connectivity index (χ0v) is 16.5. The average molecular weight is 412 g/mol. The van der Waals surface area contributed by atoms with Gasteiger partial charge in [-0.15, -0.1) is 11.8 Å². The van der Waals surface area contributed by atoms with E-state index in [-0.39, 0.29) is 24.3 Å². The van der Waals surface area contributed by atoms with E-state index < -0.39 is 18.2 Å². The van der Waals surface area contributed by atoms with Gasteiger partial charge in [0.1, 0.15) is 6.26 Å². The number of carbonyl (C=O) groups is 1. The molecule has 1 saturated carbocycles. The van der Waals surface area contributed by atoms with Crippen LogP contribution in [0.4, 0.5) is 0 Å². The normalized spacial score (nSPS) is 26.4. The Labute approximate surface area is 169 Å². The second kappa shape index (κ2) is 12.1. The number of unbranched alkanes of at least 4 members (excludes halogenated alkanes) is 1. The summed E-state index contributed by atoms with van der Waals surface area (Å²) >= 11 is 1.49. The maximum Gasteiger partial charge on any atom is 0.303 e. The molecule has 0 bridgehead atoms. The molecular weight excluding hydrogens is 382 g/mol. The smallest absolute Gasteiger partial charge is 0.303 e. The Morgan fingerprint density at radius 3 is 2.93 bits per heavy atom. The molecular formula is C20H29NO6S. The van der Waals surface area contributed by atoms with Crippen molar-refractivity contribution in [2.24, 2.45) is 11.8 Å². The number of aliphatic carboxylic acids is 1. The number of nitrogens with one attached hydrogen (secondary N) is 1. The van der Waals surface area contributed by atoms with Gasteiger partial charge in [-0.1, -0.05) is 24.3 Å². The van der Waals surface area contributed by atoms with Crippen LogP contribution in [0.15, 0.2) is 52.2 Å². The van der Waals surface area contributed by atoms with Gasteiger partial charge >= 0.3 is 5.97 Å². The molecule has 0 aromatic carbocycles. The lowest BCUT2D eigenvalue weighted by atomic mass is 9.89. The fraction of sp³-hybridized carbons (Fsp3) is 0.550. The molecule has 1 fully saturated rings. The zero-order valence-electron chi connectivity index (χ0n) is 15.7. The highest BCUT2D eigenvalue weighted by Crippen LogP contribution is 2.36. The summed E-state index contributed by atoms with van der Waals surface area (Å²) in [5, 5.41) is 38.6. The van der Waals surface area contributed by atoms with Crippen molar-refractivity contribution in [3.63, 3.8) is 0 Å². The summed E-state index contributed by atoms with van der Waals surface area (Å²) < 4.78 is 5.00. The lowest BCUT2D eigenvalue weighted by molar-refractivity contribution is -0.137. The van der Waals surface area contributed by atoms with Crippen molar-refractivity contribution in [2.75, 3.05) is 5.75 Å². The SMILES string of the molecule is O=C(O)CCC/C=C/CC1C(O)CC(NO)C1/C=C/C(O)CSc1ccoc1. The number of carboxylic acids is 1. The van der Waals surface area contributed by atoms with E-state index in [0.717, 1.165) is 4.90 Å². The van der Waals surface area contributed by atoms with Crippen LogP contribution in [0.1, 0.15) is 32.1 Å². The summed E-state index contributed by atoms with van der Waals surface area (Å²) in [5.41, 5.74) is 2.28. The van der Waals surface area contributed by atoms with Crippen LogP contribution in [0.25, 0.3) is 0 Å². The standard InChI is InChI=1S/C20H29NO6S/c22-14(13-28-15-9-10-27-12-15)7-8-16-17(19(23)11-18(16)21-26)5-3-1-2-4-6-20(24)25/h1,3,7-10,12,14,16-19,21-23,26H,2,4-6,11,13H2,(H,24,25)/b3-1+,8-7+. The molecule has 5 N–H and O–H groups in total. The molecule has 1 heterocycles. The van der Waals surface area contributed by atoms with Crippen LogP contribution < -0.4 is 5.48 Å². The molecule has 5 atom stereocenters. The number of hydrogen-bond donors (Lipinski definition) is 5. The predicted octanol–water partition coefficient (Wildman–Crippen LogP) is 2.83. The summed E-state index contributed by atoms with van der Waals surface area (Å²) in [5.74, 6) is -0.509. The van der Waals surface area contributed by atoms with Crippen LogP contribution in [-0.2, 0) is 4.79 Å². The van der Waals surface area contributed by atoms with Crippen molar-refractivity contribution < 1.29 is 29.7 Å². The van der Waals surface area contributed by atoms with E-state index in [1.54, 1.807) is 18.6 Å². The van der Waals surface area contributed by atoms with Gasteiger partial charge in [-0.3, -0.25) is 4.79 Å². The lowest BCUT2D eigenvalue weighted by Crippen LogP contribution is -2.30. The molecule has 156 valence electrons. The van der Waals surface area contributed by atoms with Gasteiger partial charge in [0.05, 0.1) is 18.5 Å². The number of allylic oxidation sites excluding steroid dienone is 2. The number of rotatable bonds is 12. The first-order valence-corrected chi connectivity index (χ1v) is 10.5. The molecule has 0 saturated heterocycles. The molecule has 0 aliphatic heterocycles. The van der Waals surface area contributed by atoms with Crippen molar-refractivity contribution in [1.82, 2.24) is 5.48 Å². The Bertz CT molecular complexity index is 633. The number of carboxylic acid groups (broad SMARTS) is 1. The van der Waals surface area contributed by atoms with E-state index in [1.165, 1.54) is 11.8 Å². The number of furan rings is 1. The van der Waals surface area contributed by atoms with Gasteiger partial charge in [0.15, 0.2) is 0 Å². The second-order valence-corrected chi connectivity index (χ2v) is 8.09. The third-order valence-corrected chi connectivity index (χ3v) is 6.00. The van der Waals surface area contributed by atoms with E-state index in [1.807, 2.05) is 24.3 Å². The first kappa shape index (κ1) is 22.7. The minimum Gasteiger partial charge on any atom is -0.481 e. The minimum atomic E-state index is -0.800. The molecule has 0 radical (unpaired) electrons. The largest absolute Gasteiger partial charge is 0.481 e. The van der Waals surface area contributed by atoms with Crippen molar-refractivity contribution in [2.45, 2.75) is 55.2 Å². The zero-order chi connectivity index (χ0) is 20.4. The van der Waals surface area contributed by atoms with Crippen molar-refractivity contribution in [3.05, 3.63) is 42.9 Å². The summed E-state index contributed by atoms with van der Waals surface area (Å²) in [7, 11) is 0. The topological polar surface area (TPSA) is 123 Å². The molecule has 2 rings (SSSR count). The van der Waals surface area contributed by atoms with Gasteiger partial charge < -0.3 is 24.9 Å². The minimum absolute atomic E-state index is 0.0784. The highest BCUT2D eigenvalue weighted by molar-refractivity contribution is 7.99. The van der Waals surface area contributed by atoms with Gasteiger partial charge in [0.25, 0.3) is 0 Å². The van der Waals surface area contributed by atoms with E-state index in [9.17, 15) is 20.2 Å². The Balaban J connectivity index is 1.86. The van der Waals surface area contributed by atoms with Crippen LogP contribution in [0.5, 0.6) is 0 Å². The van der Waals surface area contributed by atoms with Crippen LogP contribution in [-0.4, -0.2) is 50.5 Å². The molecule has 7 nitrogen and oxygen atoms in total. The van der Waals surface area contributed by atoms with Crippen LogP contribution in [0.2, 0.25) is 0 Å². The Hall–Kier alpha value is -1.58. The Morgan fingerprint density at radius 2 is 2.25 bits per heavy atom. The monoisotopic (exact) mass is 411 g/mol. The highest BCUT2D eigenvalue weighted by atomic mass is 32.2. The number of aliphatic hydroxyl groups excluding tert-OH is 2. The second-order valence-electron chi connectivity index (χ2n) is 7.00. The first-order chi connectivity index (χ1) is 13.5. The van der Waals surface area contributed by atoms with Crippen molar-refractivity contribution in [3.8, 4) is 0 Å². The lowest BCUT2D eigenvalue weighted by Gasteiger charge is -2.21. The van der Waals surface area contributed by atoms with Crippen LogP contribution in [0, 0.1) is 11.8 Å². The number of aliphatic hydroxyl groups is 2. The van der Waals surface area contributed by atoms with Gasteiger partial charge in [-0.2, -0.15) is 0 Å². The predicted molar refractivity (Wildman–Crippen MR) is 106 cm³/mol. The van der Waals surface area contributed by atoms with Gasteiger partial charge in [0, 0.05) is 29.0 Å². The fourth-order valence-corrected chi connectivity index (χ4v) is 4.20. The average Bonchev–Trinajstić information content (AvgIpc) is 3.28. The third kappa shape index (κ3) is 7.44. The van der Waals surface area contributed by atoms with E-state index in [2.05, 4.69) is 5.48 Å². The van der Waals surface area contributed by atoms with E-state index in [0.29, 0.717) is 31.4 Å². The molecule has 1 aliphatic rings. The van der Waals surface area contributed by atoms with E-state index >= 15 is 0 Å². The molecule has 8 heteroatoms. The quantitative estimate of drug-likeness (QED) is 0.154. The highest BCUT2D eigenvalue weighted by Gasteiger charge is 2.40. The fourth-order valence-electron chi connectivity index (χ4n) is 3.45. The molecule has 0 spiro atoms. The van der Waals surface area contributed by atoms with Crippen molar-refractivity contribution >= 4 is 17.7 Å². The summed E-state index contributed by atoms with van der Waals surface area (Å²) in [6, 6.07) is 1.56. The molecule has 0 amide bonds. The van der Waals surface area contributed by atoms with Gasteiger partial charge in [-0.25, -0.2) is 5.48 Å². The number of hydroxylamine groups is 1. The molecule has 5 unspecified atom stereocenters. The Morgan fingerprint density at radius 1 is 1.43 bits per heavy atom. The van der Waals surface area contributed by atoms with Crippen LogP contribution >= 0.6 is 11.8 Å². The first-order valence-electron chi connectivity index (χ1n) is 9.47. The number of thioether (sulfide) groups is 1. The van der Waals surface area contributed by atoms with E-state index in [4.69, 9.17) is 9.52 Å². The molecule has 1 aromatic rings. The molecule has 1 aromatic heterocycles.